The van der Waals surface area contributed by atoms with Crippen molar-refractivity contribution in [3.8, 4) is 34.5 Å². The van der Waals surface area contributed by atoms with E-state index in [1.807, 2.05) is 36.4 Å². The summed E-state index contributed by atoms with van der Waals surface area (Å²) in [6.45, 7) is 0. The number of nitrogens with zero attached hydrogens (tertiary/aromatic N) is 6. The fourth-order valence-corrected chi connectivity index (χ4v) is 4.48. The number of benzene rings is 2. The first-order chi connectivity index (χ1) is 16.0. The third-order valence-corrected chi connectivity index (χ3v) is 6.26. The third-order valence-electron chi connectivity index (χ3n) is 6.26. The number of pyridine rings is 1. The fourth-order valence-electron chi connectivity index (χ4n) is 4.48. The van der Waals surface area contributed by atoms with Gasteiger partial charge in [-0.05, 0) is 54.3 Å². The molecule has 1 fully saturated rings. The summed E-state index contributed by atoms with van der Waals surface area (Å²) >= 11 is 0. The Morgan fingerprint density at radius 3 is 2.64 bits per heavy atom. The molecule has 0 atom stereocenters. The summed E-state index contributed by atoms with van der Waals surface area (Å²) in [5.74, 6) is -0.551. The standard InChI is InChI=1S/C25H19N7O/c26-8-7-25(12-16(13-25)14-27)32-30-15-23(31-32)21-10-19(11-22-20(21)2-1-9-29-22)17-3-5-18(6-4-17)24(28)33/h1-6,9-11,15-16H,7,12-13H2,(H2,28,33)/t16-,25-. The van der Waals surface area contributed by atoms with E-state index in [9.17, 15) is 15.3 Å². The van der Waals surface area contributed by atoms with Crippen molar-refractivity contribution in [3.63, 3.8) is 0 Å². The summed E-state index contributed by atoms with van der Waals surface area (Å²) in [6.07, 6.45) is 4.83. The molecule has 1 aliphatic rings. The van der Waals surface area contributed by atoms with Crippen molar-refractivity contribution >= 4 is 16.8 Å². The zero-order valence-corrected chi connectivity index (χ0v) is 17.6. The Hall–Kier alpha value is -4.56. The second-order valence-electron chi connectivity index (χ2n) is 8.35. The van der Waals surface area contributed by atoms with Crippen LogP contribution in [0.2, 0.25) is 0 Å². The van der Waals surface area contributed by atoms with Crippen LogP contribution in [0.15, 0.2) is 60.9 Å². The van der Waals surface area contributed by atoms with Gasteiger partial charge in [0.2, 0.25) is 5.91 Å². The molecular formula is C25H19N7O. The highest BCUT2D eigenvalue weighted by atomic mass is 16.1. The Balaban J connectivity index is 1.60. The quantitative estimate of drug-likeness (QED) is 0.509. The van der Waals surface area contributed by atoms with Crippen LogP contribution in [0.25, 0.3) is 33.3 Å². The van der Waals surface area contributed by atoms with E-state index in [1.54, 1.807) is 29.3 Å². The minimum atomic E-state index is -0.538. The van der Waals surface area contributed by atoms with E-state index in [4.69, 9.17) is 10.8 Å². The van der Waals surface area contributed by atoms with Gasteiger partial charge in [0.25, 0.3) is 0 Å². The van der Waals surface area contributed by atoms with Crippen LogP contribution in [0.4, 0.5) is 0 Å². The number of hydrogen-bond donors (Lipinski definition) is 1. The van der Waals surface area contributed by atoms with Crippen molar-refractivity contribution in [2.24, 2.45) is 11.7 Å². The molecule has 8 heteroatoms. The van der Waals surface area contributed by atoms with Crippen molar-refractivity contribution in [3.05, 3.63) is 66.5 Å². The number of carbonyl (C=O) groups excluding carboxylic acids is 1. The number of nitriles is 2. The Labute approximate surface area is 189 Å². The van der Waals surface area contributed by atoms with Crippen LogP contribution in [-0.2, 0) is 5.54 Å². The maximum atomic E-state index is 11.4. The number of amides is 1. The van der Waals surface area contributed by atoms with Gasteiger partial charge in [-0.2, -0.15) is 25.5 Å². The van der Waals surface area contributed by atoms with Gasteiger partial charge in [0, 0.05) is 22.7 Å². The predicted molar refractivity (Wildman–Crippen MR) is 121 cm³/mol. The molecule has 2 aromatic heterocycles. The first-order valence-corrected chi connectivity index (χ1v) is 10.5. The van der Waals surface area contributed by atoms with Crippen molar-refractivity contribution in [2.75, 3.05) is 0 Å². The Kier molecular flexibility index (Phi) is 4.84. The van der Waals surface area contributed by atoms with Crippen LogP contribution >= 0.6 is 0 Å². The summed E-state index contributed by atoms with van der Waals surface area (Å²) in [4.78, 5) is 17.5. The number of nitrogens with two attached hydrogens (primary N) is 1. The molecule has 1 aliphatic carbocycles. The summed E-state index contributed by atoms with van der Waals surface area (Å²) in [6, 6.07) is 19.5. The van der Waals surface area contributed by atoms with E-state index < -0.39 is 11.4 Å². The molecule has 0 unspecified atom stereocenters. The lowest BCUT2D eigenvalue weighted by Gasteiger charge is -2.42. The van der Waals surface area contributed by atoms with Gasteiger partial charge in [0.05, 0.1) is 41.7 Å². The highest BCUT2D eigenvalue weighted by molar-refractivity contribution is 5.97. The molecule has 4 aromatic rings. The zero-order chi connectivity index (χ0) is 23.0. The maximum Gasteiger partial charge on any atom is 0.248 e. The number of rotatable bonds is 5. The van der Waals surface area contributed by atoms with Crippen LogP contribution in [0.1, 0.15) is 29.6 Å². The Morgan fingerprint density at radius 2 is 1.94 bits per heavy atom. The van der Waals surface area contributed by atoms with Crippen molar-refractivity contribution in [2.45, 2.75) is 24.8 Å². The van der Waals surface area contributed by atoms with Crippen LogP contribution in [-0.4, -0.2) is 25.9 Å². The van der Waals surface area contributed by atoms with Crippen molar-refractivity contribution in [1.29, 1.82) is 10.5 Å². The van der Waals surface area contributed by atoms with Crippen LogP contribution in [0, 0.1) is 28.6 Å². The van der Waals surface area contributed by atoms with Crippen LogP contribution in [0.5, 0.6) is 0 Å². The van der Waals surface area contributed by atoms with Gasteiger partial charge in [-0.15, -0.1) is 0 Å². The summed E-state index contributed by atoms with van der Waals surface area (Å²) in [5, 5.41) is 28.7. The van der Waals surface area contributed by atoms with E-state index >= 15 is 0 Å². The number of primary amides is 1. The molecule has 2 heterocycles. The van der Waals surface area contributed by atoms with Gasteiger partial charge in [-0.25, -0.2) is 0 Å². The number of carbonyl (C=O) groups is 1. The molecule has 5 rings (SSSR count). The topological polar surface area (TPSA) is 134 Å². The van der Waals surface area contributed by atoms with Crippen LogP contribution in [0.3, 0.4) is 0 Å². The van der Waals surface area contributed by atoms with Crippen molar-refractivity contribution < 1.29 is 4.79 Å². The zero-order valence-electron chi connectivity index (χ0n) is 17.6. The Bertz CT molecular complexity index is 1450. The first-order valence-electron chi connectivity index (χ1n) is 10.5. The van der Waals surface area contributed by atoms with Gasteiger partial charge in [0.15, 0.2) is 0 Å². The number of aromatic nitrogens is 4. The molecule has 8 nitrogen and oxygen atoms in total. The molecular weight excluding hydrogens is 414 g/mol. The molecule has 0 saturated heterocycles. The number of hydrogen-bond acceptors (Lipinski definition) is 6. The third kappa shape index (κ3) is 3.48. The molecule has 2 aromatic carbocycles. The largest absolute Gasteiger partial charge is 0.366 e. The summed E-state index contributed by atoms with van der Waals surface area (Å²) in [5.41, 5.74) is 9.44. The summed E-state index contributed by atoms with van der Waals surface area (Å²) < 4.78 is 0. The van der Waals surface area contributed by atoms with Gasteiger partial charge in [-0.1, -0.05) is 18.2 Å². The first kappa shape index (κ1) is 20.3. The highest BCUT2D eigenvalue weighted by Gasteiger charge is 2.48. The van der Waals surface area contributed by atoms with E-state index in [-0.39, 0.29) is 12.3 Å². The van der Waals surface area contributed by atoms with E-state index in [2.05, 4.69) is 22.2 Å². The molecule has 0 spiro atoms. The fraction of sp³-hybridized carbons (Fsp3) is 0.200. The smallest absolute Gasteiger partial charge is 0.248 e. The maximum absolute atomic E-state index is 11.4. The number of fused-ring (bicyclic) bond motifs is 1. The molecule has 160 valence electrons. The lowest BCUT2D eigenvalue weighted by molar-refractivity contribution is 0.0713. The molecule has 0 aliphatic heterocycles. The summed E-state index contributed by atoms with van der Waals surface area (Å²) in [7, 11) is 0. The minimum Gasteiger partial charge on any atom is -0.366 e. The SMILES string of the molecule is N#CC[C@]1(n2ncc(-c3cc(-c4ccc(C(N)=O)cc4)cc4ncccc34)n2)C[C@H](C#N)C1. The van der Waals surface area contributed by atoms with E-state index in [0.717, 1.165) is 27.6 Å². The van der Waals surface area contributed by atoms with E-state index in [0.29, 0.717) is 24.1 Å². The van der Waals surface area contributed by atoms with Gasteiger partial charge in [-0.3, -0.25) is 9.78 Å². The van der Waals surface area contributed by atoms with Gasteiger partial charge >= 0.3 is 0 Å². The second-order valence-corrected chi connectivity index (χ2v) is 8.35. The molecule has 33 heavy (non-hydrogen) atoms. The molecule has 1 amide bonds. The Morgan fingerprint density at radius 1 is 1.15 bits per heavy atom. The van der Waals surface area contributed by atoms with Gasteiger partial charge < -0.3 is 5.73 Å². The average molecular weight is 433 g/mol. The van der Waals surface area contributed by atoms with Crippen LogP contribution < -0.4 is 5.73 Å². The predicted octanol–water partition coefficient (Wildman–Crippen LogP) is 3.80. The second kappa shape index (κ2) is 7.85. The molecule has 1 saturated carbocycles. The molecule has 0 bridgehead atoms. The average Bonchev–Trinajstić information content (AvgIpc) is 3.31. The molecule has 2 N–H and O–H groups in total. The lowest BCUT2D eigenvalue weighted by Crippen LogP contribution is -2.47. The lowest BCUT2D eigenvalue weighted by atomic mass is 9.68. The molecule has 0 radical (unpaired) electrons. The van der Waals surface area contributed by atoms with Gasteiger partial charge in [0.1, 0.15) is 5.69 Å². The normalized spacial score (nSPS) is 19.4. The highest BCUT2D eigenvalue weighted by Crippen LogP contribution is 2.45. The van der Waals surface area contributed by atoms with E-state index in [1.165, 1.54) is 0 Å². The minimum absolute atomic E-state index is 0.0791. The monoisotopic (exact) mass is 433 g/mol. The van der Waals surface area contributed by atoms with Crippen molar-refractivity contribution in [1.82, 2.24) is 20.0 Å².